The van der Waals surface area contributed by atoms with Crippen LogP contribution in [-0.2, 0) is 10.8 Å². The molecule has 0 radical (unpaired) electrons. The quantitative estimate of drug-likeness (QED) is 0.667. The van der Waals surface area contributed by atoms with E-state index in [1.807, 2.05) is 6.92 Å². The molecule has 0 spiro atoms. The molecule has 1 N–H and O–H groups in total. The van der Waals surface area contributed by atoms with Crippen LogP contribution in [0.3, 0.4) is 0 Å². The number of rotatable bonds is 4. The highest BCUT2D eigenvalue weighted by molar-refractivity contribution is 7.85. The Morgan fingerprint density at radius 2 is 2.10 bits per heavy atom. The molecule has 114 valence electrons. The van der Waals surface area contributed by atoms with Crippen molar-refractivity contribution in [1.29, 1.82) is 0 Å². The van der Waals surface area contributed by atoms with Crippen molar-refractivity contribution in [2.45, 2.75) is 6.92 Å². The highest BCUT2D eigenvalue weighted by Crippen LogP contribution is 2.26. The maximum Gasteiger partial charge on any atom is 0.292 e. The van der Waals surface area contributed by atoms with Crippen LogP contribution in [0.4, 0.5) is 11.4 Å². The van der Waals surface area contributed by atoms with Gasteiger partial charge in [0, 0.05) is 53.6 Å². The summed E-state index contributed by atoms with van der Waals surface area (Å²) in [6.45, 7) is 3.28. The first-order chi connectivity index (χ1) is 10.0. The summed E-state index contributed by atoms with van der Waals surface area (Å²) in [6.07, 6.45) is 0. The number of nitro groups is 1. The molecule has 1 heterocycles. The minimum absolute atomic E-state index is 0.0480. The Morgan fingerprint density at radius 3 is 2.67 bits per heavy atom. The van der Waals surface area contributed by atoms with Crippen LogP contribution in [0.1, 0.15) is 17.3 Å². The standard InChI is InChI=1S/C13H17N3O4S/c1-2-14-11-9-10(3-4-12(11)16(18)19)13(17)15-5-7-21(20)8-6-15/h3-4,9,14H,2,5-8H2,1H3. The zero-order chi connectivity index (χ0) is 15.4. The third-order valence-electron chi connectivity index (χ3n) is 3.27. The van der Waals surface area contributed by atoms with E-state index in [-0.39, 0.29) is 11.6 Å². The van der Waals surface area contributed by atoms with Gasteiger partial charge >= 0.3 is 0 Å². The fourth-order valence-electron chi connectivity index (χ4n) is 2.18. The van der Waals surface area contributed by atoms with E-state index >= 15 is 0 Å². The molecule has 1 saturated heterocycles. The van der Waals surface area contributed by atoms with Crippen molar-refractivity contribution in [2.24, 2.45) is 0 Å². The van der Waals surface area contributed by atoms with Crippen LogP contribution in [0.2, 0.25) is 0 Å². The van der Waals surface area contributed by atoms with Crippen LogP contribution < -0.4 is 5.32 Å². The zero-order valence-corrected chi connectivity index (χ0v) is 12.5. The summed E-state index contributed by atoms with van der Waals surface area (Å²) in [5, 5.41) is 13.9. The van der Waals surface area contributed by atoms with Gasteiger partial charge in [-0.2, -0.15) is 0 Å². The lowest BCUT2D eigenvalue weighted by molar-refractivity contribution is -0.384. The van der Waals surface area contributed by atoms with Crippen molar-refractivity contribution in [3.8, 4) is 0 Å². The number of benzene rings is 1. The number of nitro benzene ring substituents is 1. The van der Waals surface area contributed by atoms with E-state index in [4.69, 9.17) is 0 Å². The molecule has 8 heteroatoms. The third kappa shape index (κ3) is 3.57. The largest absolute Gasteiger partial charge is 0.380 e. The van der Waals surface area contributed by atoms with Gasteiger partial charge < -0.3 is 10.2 Å². The minimum atomic E-state index is -0.847. The summed E-state index contributed by atoms with van der Waals surface area (Å²) in [4.78, 5) is 24.5. The van der Waals surface area contributed by atoms with E-state index in [1.54, 1.807) is 4.90 Å². The number of nitrogens with zero attached hydrogens (tertiary/aromatic N) is 2. The Hall–Kier alpha value is -1.96. The van der Waals surface area contributed by atoms with Gasteiger partial charge in [0.15, 0.2) is 0 Å². The van der Waals surface area contributed by atoms with Gasteiger partial charge in [0.2, 0.25) is 0 Å². The SMILES string of the molecule is CCNc1cc(C(=O)N2CCS(=O)CC2)ccc1[N+](=O)[O-]. The fraction of sp³-hybridized carbons (Fsp3) is 0.462. The monoisotopic (exact) mass is 311 g/mol. The van der Waals surface area contributed by atoms with Gasteiger partial charge in [-0.1, -0.05) is 0 Å². The molecule has 1 aliphatic heterocycles. The first-order valence-electron chi connectivity index (χ1n) is 6.69. The molecule has 0 bridgehead atoms. The van der Waals surface area contributed by atoms with Gasteiger partial charge in [0.25, 0.3) is 11.6 Å². The summed E-state index contributed by atoms with van der Waals surface area (Å²) in [5.41, 5.74) is 0.700. The molecule has 1 aromatic rings. The van der Waals surface area contributed by atoms with Crippen LogP contribution in [0.15, 0.2) is 18.2 Å². The summed E-state index contributed by atoms with van der Waals surface area (Å²) in [5.74, 6) is 0.790. The topological polar surface area (TPSA) is 92.6 Å². The molecule has 1 fully saturated rings. The molecule has 1 aromatic carbocycles. The van der Waals surface area contributed by atoms with Crippen molar-refractivity contribution >= 4 is 28.1 Å². The molecular weight excluding hydrogens is 294 g/mol. The van der Waals surface area contributed by atoms with Crippen LogP contribution in [0.25, 0.3) is 0 Å². The number of anilines is 1. The summed E-state index contributed by atoms with van der Waals surface area (Å²) in [6, 6.07) is 4.32. The maximum atomic E-state index is 12.4. The molecule has 21 heavy (non-hydrogen) atoms. The van der Waals surface area contributed by atoms with E-state index in [0.717, 1.165) is 0 Å². The second kappa shape index (κ2) is 6.66. The average molecular weight is 311 g/mol. The van der Waals surface area contributed by atoms with Gasteiger partial charge in [0.05, 0.1) is 4.92 Å². The second-order valence-electron chi connectivity index (χ2n) is 4.66. The van der Waals surface area contributed by atoms with Gasteiger partial charge in [-0.05, 0) is 19.1 Å². The molecule has 0 saturated carbocycles. The Labute approximate surface area is 124 Å². The van der Waals surface area contributed by atoms with Crippen LogP contribution >= 0.6 is 0 Å². The lowest BCUT2D eigenvalue weighted by Gasteiger charge is -2.26. The number of nitrogens with one attached hydrogen (secondary N) is 1. The van der Waals surface area contributed by atoms with Crippen molar-refractivity contribution in [2.75, 3.05) is 36.5 Å². The van der Waals surface area contributed by atoms with Crippen molar-refractivity contribution in [3.05, 3.63) is 33.9 Å². The Bertz CT molecular complexity index is 581. The molecule has 0 aromatic heterocycles. The van der Waals surface area contributed by atoms with Gasteiger partial charge in [0.1, 0.15) is 5.69 Å². The zero-order valence-electron chi connectivity index (χ0n) is 11.7. The predicted molar refractivity (Wildman–Crippen MR) is 81.0 cm³/mol. The number of carbonyl (C=O) groups excluding carboxylic acids is 1. The van der Waals surface area contributed by atoms with Gasteiger partial charge in [-0.15, -0.1) is 0 Å². The van der Waals surface area contributed by atoms with Crippen molar-refractivity contribution in [1.82, 2.24) is 4.90 Å². The number of hydrogen-bond donors (Lipinski definition) is 1. The van der Waals surface area contributed by atoms with E-state index < -0.39 is 15.7 Å². The lowest BCUT2D eigenvalue weighted by atomic mass is 10.1. The Balaban J connectivity index is 2.23. The summed E-state index contributed by atoms with van der Waals surface area (Å²) >= 11 is 0. The predicted octanol–water partition coefficient (Wildman–Crippen LogP) is 1.23. The molecule has 2 rings (SSSR count). The number of amides is 1. The third-order valence-corrected chi connectivity index (χ3v) is 4.55. The lowest BCUT2D eigenvalue weighted by Crippen LogP contribution is -2.41. The van der Waals surface area contributed by atoms with E-state index in [2.05, 4.69) is 5.32 Å². The molecular formula is C13H17N3O4S. The molecule has 1 aliphatic rings. The Kier molecular flexibility index (Phi) is 4.89. The minimum Gasteiger partial charge on any atom is -0.380 e. The first kappa shape index (κ1) is 15.4. The van der Waals surface area contributed by atoms with E-state index in [0.29, 0.717) is 42.4 Å². The number of hydrogen-bond acceptors (Lipinski definition) is 5. The maximum absolute atomic E-state index is 12.4. The molecule has 7 nitrogen and oxygen atoms in total. The Morgan fingerprint density at radius 1 is 1.43 bits per heavy atom. The van der Waals surface area contributed by atoms with E-state index in [9.17, 15) is 19.1 Å². The van der Waals surface area contributed by atoms with Gasteiger partial charge in [-0.25, -0.2) is 0 Å². The van der Waals surface area contributed by atoms with Gasteiger partial charge in [-0.3, -0.25) is 19.1 Å². The van der Waals surface area contributed by atoms with Crippen LogP contribution in [0.5, 0.6) is 0 Å². The molecule has 0 unspecified atom stereocenters. The highest BCUT2D eigenvalue weighted by atomic mass is 32.2. The van der Waals surface area contributed by atoms with Crippen LogP contribution in [0, 0.1) is 10.1 Å². The first-order valence-corrected chi connectivity index (χ1v) is 8.18. The fourth-order valence-corrected chi connectivity index (χ4v) is 3.24. The van der Waals surface area contributed by atoms with E-state index in [1.165, 1.54) is 18.2 Å². The number of carbonyl (C=O) groups is 1. The second-order valence-corrected chi connectivity index (χ2v) is 6.36. The van der Waals surface area contributed by atoms with Crippen LogP contribution in [-0.4, -0.2) is 51.1 Å². The molecule has 0 atom stereocenters. The highest BCUT2D eigenvalue weighted by Gasteiger charge is 2.23. The smallest absolute Gasteiger partial charge is 0.292 e. The molecule has 1 amide bonds. The van der Waals surface area contributed by atoms with Crippen molar-refractivity contribution < 1.29 is 13.9 Å². The average Bonchev–Trinajstić information content (AvgIpc) is 2.47. The normalized spacial score (nSPS) is 15.8. The molecule has 0 aliphatic carbocycles. The summed E-state index contributed by atoms with van der Waals surface area (Å²) < 4.78 is 11.3. The van der Waals surface area contributed by atoms with Crippen molar-refractivity contribution in [3.63, 3.8) is 0 Å². The summed E-state index contributed by atoms with van der Waals surface area (Å²) in [7, 11) is -0.847.